The van der Waals surface area contributed by atoms with Crippen molar-refractivity contribution < 1.29 is 9.59 Å². The van der Waals surface area contributed by atoms with Crippen LogP contribution in [0.15, 0.2) is 42.5 Å². The summed E-state index contributed by atoms with van der Waals surface area (Å²) in [5, 5.41) is 0. The molecule has 2 aromatic rings. The Morgan fingerprint density at radius 1 is 1.14 bits per heavy atom. The highest BCUT2D eigenvalue weighted by Gasteiger charge is 2.32. The molecule has 4 nitrogen and oxygen atoms in total. The van der Waals surface area contributed by atoms with E-state index in [0.29, 0.717) is 16.9 Å². The van der Waals surface area contributed by atoms with Gasteiger partial charge in [0.15, 0.2) is 5.78 Å². The number of anilines is 2. The molecule has 0 aromatic heterocycles. The van der Waals surface area contributed by atoms with Crippen LogP contribution in [0.2, 0.25) is 0 Å². The zero-order valence-electron chi connectivity index (χ0n) is 12.0. The highest BCUT2D eigenvalue weighted by molar-refractivity contribution is 6.13. The fourth-order valence-electron chi connectivity index (χ4n) is 2.84. The van der Waals surface area contributed by atoms with Gasteiger partial charge in [-0.1, -0.05) is 36.8 Å². The lowest BCUT2D eigenvalue weighted by Gasteiger charge is -2.22. The molecule has 1 aliphatic rings. The van der Waals surface area contributed by atoms with Crippen LogP contribution in [0.4, 0.5) is 16.2 Å². The molecule has 1 aliphatic heterocycles. The first kappa shape index (κ1) is 13.4. The molecule has 0 saturated heterocycles. The Kier molecular flexibility index (Phi) is 3.01. The molecule has 4 heteroatoms. The van der Waals surface area contributed by atoms with Crippen molar-refractivity contribution in [1.29, 1.82) is 0 Å². The van der Waals surface area contributed by atoms with Crippen LogP contribution in [-0.2, 0) is 0 Å². The van der Waals surface area contributed by atoms with Crippen molar-refractivity contribution in [2.24, 2.45) is 5.73 Å². The Morgan fingerprint density at radius 3 is 2.57 bits per heavy atom. The van der Waals surface area contributed by atoms with E-state index in [2.05, 4.69) is 0 Å². The number of hydrogen-bond acceptors (Lipinski definition) is 2. The van der Waals surface area contributed by atoms with E-state index < -0.39 is 6.03 Å². The van der Waals surface area contributed by atoms with Crippen molar-refractivity contribution >= 4 is 23.2 Å². The normalized spacial score (nSPS) is 17.0. The molecule has 0 radical (unpaired) electrons. The molecule has 0 fully saturated rings. The molecule has 1 atom stereocenters. The largest absolute Gasteiger partial charge is 0.351 e. The number of aryl methyl sites for hydroxylation is 1. The van der Waals surface area contributed by atoms with Gasteiger partial charge >= 0.3 is 6.03 Å². The third-order valence-electron chi connectivity index (χ3n) is 3.92. The summed E-state index contributed by atoms with van der Waals surface area (Å²) in [6.07, 6.45) is 0. The first-order valence-corrected chi connectivity index (χ1v) is 6.84. The van der Waals surface area contributed by atoms with Crippen LogP contribution in [0, 0.1) is 6.92 Å². The predicted octanol–water partition coefficient (Wildman–Crippen LogP) is 3.51. The summed E-state index contributed by atoms with van der Waals surface area (Å²) >= 11 is 0. The number of carbonyl (C=O) groups is 2. The number of nitrogens with zero attached hydrogens (tertiary/aromatic N) is 1. The number of primary amides is 1. The Morgan fingerprint density at radius 2 is 1.86 bits per heavy atom. The quantitative estimate of drug-likeness (QED) is 0.802. The second kappa shape index (κ2) is 4.74. The van der Waals surface area contributed by atoms with Gasteiger partial charge in [-0.15, -0.1) is 0 Å². The van der Waals surface area contributed by atoms with Gasteiger partial charge in [0.05, 0.1) is 11.4 Å². The molecule has 2 amide bonds. The van der Waals surface area contributed by atoms with E-state index in [0.717, 1.165) is 11.1 Å². The Balaban J connectivity index is 2.37. The fraction of sp³-hybridized carbons (Fsp3) is 0.176. The standard InChI is InChI=1S/C17H16N2O2/c1-10-7-8-15-13(9-10)16(20)11(2)12-5-3-4-6-14(12)19(15)17(18)21/h3-9,11H,1-2H3,(H2,18,21). The summed E-state index contributed by atoms with van der Waals surface area (Å²) in [5.74, 6) is -0.309. The van der Waals surface area contributed by atoms with Crippen molar-refractivity contribution in [2.45, 2.75) is 19.8 Å². The van der Waals surface area contributed by atoms with E-state index >= 15 is 0 Å². The minimum absolute atomic E-state index is 0.00454. The highest BCUT2D eigenvalue weighted by Crippen LogP contribution is 2.40. The van der Waals surface area contributed by atoms with Crippen LogP contribution in [-0.4, -0.2) is 11.8 Å². The molecule has 21 heavy (non-hydrogen) atoms. The summed E-state index contributed by atoms with van der Waals surface area (Å²) in [6.45, 7) is 3.78. The Bertz CT molecular complexity index is 752. The van der Waals surface area contributed by atoms with Gasteiger partial charge in [-0.3, -0.25) is 9.69 Å². The molecule has 3 rings (SSSR count). The molecular weight excluding hydrogens is 264 g/mol. The van der Waals surface area contributed by atoms with E-state index in [1.807, 2.05) is 50.2 Å². The summed E-state index contributed by atoms with van der Waals surface area (Å²) < 4.78 is 0. The predicted molar refractivity (Wildman–Crippen MR) is 82.1 cm³/mol. The number of benzene rings is 2. The van der Waals surface area contributed by atoms with Gasteiger partial charge in [0, 0.05) is 11.5 Å². The lowest BCUT2D eigenvalue weighted by molar-refractivity contribution is 0.0968. The zero-order valence-corrected chi connectivity index (χ0v) is 12.0. The van der Waals surface area contributed by atoms with Crippen LogP contribution in [0.1, 0.15) is 34.3 Å². The molecule has 0 saturated carbocycles. The van der Waals surface area contributed by atoms with Crippen molar-refractivity contribution in [1.82, 2.24) is 0 Å². The molecule has 106 valence electrons. The number of nitrogens with two attached hydrogens (primary N) is 1. The zero-order chi connectivity index (χ0) is 15.1. The Hall–Kier alpha value is -2.62. The van der Waals surface area contributed by atoms with E-state index in [4.69, 9.17) is 5.73 Å². The summed E-state index contributed by atoms with van der Waals surface area (Å²) in [4.78, 5) is 26.1. The van der Waals surface area contributed by atoms with E-state index in [-0.39, 0.29) is 11.7 Å². The maximum Gasteiger partial charge on any atom is 0.323 e. The topological polar surface area (TPSA) is 63.4 Å². The number of ketones is 1. The van der Waals surface area contributed by atoms with Crippen molar-refractivity contribution in [3.63, 3.8) is 0 Å². The maximum absolute atomic E-state index is 12.7. The fourth-order valence-corrected chi connectivity index (χ4v) is 2.84. The first-order chi connectivity index (χ1) is 10.0. The lowest BCUT2D eigenvalue weighted by atomic mass is 9.92. The maximum atomic E-state index is 12.7. The molecule has 2 N–H and O–H groups in total. The van der Waals surface area contributed by atoms with Gasteiger partial charge in [-0.05, 0) is 30.7 Å². The number of Topliss-reactive ketones (excluding diaryl/α,β-unsaturated/α-hetero) is 1. The molecule has 2 aromatic carbocycles. The highest BCUT2D eigenvalue weighted by atomic mass is 16.2. The minimum Gasteiger partial charge on any atom is -0.351 e. The van der Waals surface area contributed by atoms with Crippen molar-refractivity contribution in [3.05, 3.63) is 59.2 Å². The van der Waals surface area contributed by atoms with Crippen molar-refractivity contribution in [3.8, 4) is 0 Å². The van der Waals surface area contributed by atoms with Gasteiger partial charge in [0.25, 0.3) is 0 Å². The molecule has 1 heterocycles. The van der Waals surface area contributed by atoms with Gasteiger partial charge in [-0.2, -0.15) is 0 Å². The van der Waals surface area contributed by atoms with Crippen molar-refractivity contribution in [2.75, 3.05) is 4.90 Å². The molecule has 0 spiro atoms. The second-order valence-corrected chi connectivity index (χ2v) is 5.34. The van der Waals surface area contributed by atoms with Crippen LogP contribution >= 0.6 is 0 Å². The van der Waals surface area contributed by atoms with E-state index in [1.54, 1.807) is 6.07 Å². The number of urea groups is 1. The smallest absolute Gasteiger partial charge is 0.323 e. The van der Waals surface area contributed by atoms with E-state index in [9.17, 15) is 9.59 Å². The molecule has 0 bridgehead atoms. The number of fused-ring (bicyclic) bond motifs is 2. The van der Waals surface area contributed by atoms with Gasteiger partial charge in [0.1, 0.15) is 0 Å². The van der Waals surface area contributed by atoms with Crippen LogP contribution in [0.5, 0.6) is 0 Å². The van der Waals surface area contributed by atoms with Crippen LogP contribution in [0.25, 0.3) is 0 Å². The first-order valence-electron chi connectivity index (χ1n) is 6.84. The minimum atomic E-state index is -0.588. The van der Waals surface area contributed by atoms with Gasteiger partial charge in [0.2, 0.25) is 0 Å². The average molecular weight is 280 g/mol. The second-order valence-electron chi connectivity index (χ2n) is 5.34. The molecule has 0 aliphatic carbocycles. The van der Waals surface area contributed by atoms with Gasteiger partial charge in [-0.25, -0.2) is 4.79 Å². The number of para-hydroxylation sites is 1. The third-order valence-corrected chi connectivity index (χ3v) is 3.92. The molecular formula is C17H16N2O2. The number of rotatable bonds is 0. The number of amides is 2. The third kappa shape index (κ3) is 2.00. The lowest BCUT2D eigenvalue weighted by Crippen LogP contribution is -2.32. The van der Waals surface area contributed by atoms with Gasteiger partial charge < -0.3 is 5.73 Å². The van der Waals surface area contributed by atoms with Crippen LogP contribution in [0.3, 0.4) is 0 Å². The number of carbonyl (C=O) groups excluding carboxylic acids is 2. The summed E-state index contributed by atoms with van der Waals surface area (Å²) in [6, 6.07) is 12.3. The summed E-state index contributed by atoms with van der Waals surface area (Å²) in [5.41, 5.74) is 9.13. The van der Waals surface area contributed by atoms with E-state index in [1.165, 1.54) is 4.90 Å². The number of hydrogen-bond donors (Lipinski definition) is 1. The Labute approximate surface area is 123 Å². The SMILES string of the molecule is Cc1ccc2c(c1)C(=O)C(C)c1ccccc1N2C(N)=O. The average Bonchev–Trinajstić information content (AvgIpc) is 2.55. The monoisotopic (exact) mass is 280 g/mol. The molecule has 1 unspecified atom stereocenters. The van der Waals surface area contributed by atoms with Crippen LogP contribution < -0.4 is 10.6 Å². The summed E-state index contributed by atoms with van der Waals surface area (Å²) in [7, 11) is 0.